The molecular formula is C23H27N5O2. The third-order valence-corrected chi connectivity index (χ3v) is 7.44. The Hall–Kier alpha value is -2.74. The molecule has 4 rings (SSSR count). The molecule has 3 aliphatic heterocycles. The molecule has 1 spiro atoms. The summed E-state index contributed by atoms with van der Waals surface area (Å²) < 4.78 is 0. The van der Waals surface area contributed by atoms with Crippen molar-refractivity contribution in [2.75, 3.05) is 32.7 Å². The third-order valence-electron chi connectivity index (χ3n) is 7.44. The molecular weight excluding hydrogens is 378 g/mol. The molecule has 30 heavy (non-hydrogen) atoms. The Balaban J connectivity index is 1.70. The first kappa shape index (κ1) is 20.5. The quantitative estimate of drug-likeness (QED) is 0.765. The van der Waals surface area contributed by atoms with Crippen LogP contribution in [0.5, 0.6) is 0 Å². The van der Waals surface area contributed by atoms with E-state index in [0.717, 1.165) is 13.0 Å². The van der Waals surface area contributed by atoms with Gasteiger partial charge in [0.1, 0.15) is 0 Å². The van der Waals surface area contributed by atoms with Gasteiger partial charge in [0.2, 0.25) is 11.8 Å². The van der Waals surface area contributed by atoms with Crippen molar-refractivity contribution < 1.29 is 9.59 Å². The zero-order valence-corrected chi connectivity index (χ0v) is 17.4. The number of rotatable bonds is 4. The number of carbonyl (C=O) groups is 2. The summed E-state index contributed by atoms with van der Waals surface area (Å²) in [6.07, 6.45) is 1.80. The van der Waals surface area contributed by atoms with Gasteiger partial charge >= 0.3 is 0 Å². The molecule has 3 heterocycles. The largest absolute Gasteiger partial charge is 0.299 e. The molecule has 0 aliphatic carbocycles. The molecule has 2 unspecified atom stereocenters. The topological polar surface area (TPSA) is 100 Å². The van der Waals surface area contributed by atoms with Crippen molar-refractivity contribution in [2.45, 2.75) is 32.7 Å². The van der Waals surface area contributed by atoms with Crippen LogP contribution in [0.25, 0.3) is 0 Å². The minimum absolute atomic E-state index is 0.276. The summed E-state index contributed by atoms with van der Waals surface area (Å²) >= 11 is 0. The molecule has 3 aliphatic rings. The Morgan fingerprint density at radius 1 is 0.967 bits per heavy atom. The third kappa shape index (κ3) is 2.70. The first-order valence-corrected chi connectivity index (χ1v) is 10.6. The van der Waals surface area contributed by atoms with E-state index >= 15 is 0 Å². The van der Waals surface area contributed by atoms with E-state index in [4.69, 9.17) is 0 Å². The summed E-state index contributed by atoms with van der Waals surface area (Å²) in [7, 11) is 0. The number of hydrogen-bond donors (Lipinski definition) is 1. The van der Waals surface area contributed by atoms with Crippen molar-refractivity contribution >= 4 is 11.8 Å². The average molecular weight is 406 g/mol. The molecule has 0 saturated carbocycles. The number of hydrogen-bond acceptors (Lipinski definition) is 6. The summed E-state index contributed by atoms with van der Waals surface area (Å²) in [6, 6.07) is 14.8. The van der Waals surface area contributed by atoms with Gasteiger partial charge in [-0.3, -0.25) is 24.7 Å². The van der Waals surface area contributed by atoms with Crippen molar-refractivity contribution in [2.24, 2.45) is 16.2 Å². The standard InChI is InChI=1S/C23H27N5O2/c1-2-10-28-16-21(14-24)19(29)26-20(30)22(15-25,17-28)23(21)8-11-27(12-9-23)13-18-6-4-3-5-7-18/h3-7H,2,8-13,16-17H2,1H3,(H,26,29,30). The number of imide groups is 1. The maximum Gasteiger partial charge on any atom is 0.249 e. The summed E-state index contributed by atoms with van der Waals surface area (Å²) in [6.45, 7) is 5.30. The van der Waals surface area contributed by atoms with E-state index < -0.39 is 28.1 Å². The predicted octanol–water partition coefficient (Wildman–Crippen LogP) is 1.67. The molecule has 156 valence electrons. The van der Waals surface area contributed by atoms with Crippen LogP contribution in [0.1, 0.15) is 31.7 Å². The zero-order valence-electron chi connectivity index (χ0n) is 17.4. The highest BCUT2D eigenvalue weighted by molar-refractivity contribution is 6.08. The van der Waals surface area contributed by atoms with Crippen LogP contribution in [-0.2, 0) is 16.1 Å². The Labute approximate surface area is 177 Å². The lowest BCUT2D eigenvalue weighted by Gasteiger charge is -2.63. The molecule has 1 N–H and O–H groups in total. The predicted molar refractivity (Wildman–Crippen MR) is 109 cm³/mol. The monoisotopic (exact) mass is 405 g/mol. The molecule has 3 saturated heterocycles. The van der Waals surface area contributed by atoms with E-state index in [9.17, 15) is 20.1 Å². The van der Waals surface area contributed by atoms with Crippen LogP contribution in [-0.4, -0.2) is 54.3 Å². The van der Waals surface area contributed by atoms with Gasteiger partial charge in [0.15, 0.2) is 10.8 Å². The van der Waals surface area contributed by atoms with Crippen molar-refractivity contribution in [3.63, 3.8) is 0 Å². The molecule has 0 radical (unpaired) electrons. The van der Waals surface area contributed by atoms with Gasteiger partial charge in [-0.25, -0.2) is 0 Å². The van der Waals surface area contributed by atoms with Gasteiger partial charge in [0, 0.05) is 25.0 Å². The summed E-state index contributed by atoms with van der Waals surface area (Å²) in [5.74, 6) is -1.06. The molecule has 2 amide bonds. The molecule has 3 fully saturated rings. The van der Waals surface area contributed by atoms with Crippen LogP contribution in [0.15, 0.2) is 30.3 Å². The van der Waals surface area contributed by atoms with Crippen LogP contribution >= 0.6 is 0 Å². The lowest BCUT2D eigenvalue weighted by atomic mass is 9.43. The van der Waals surface area contributed by atoms with Gasteiger partial charge in [-0.15, -0.1) is 0 Å². The number of amides is 2. The molecule has 1 aromatic carbocycles. The maximum atomic E-state index is 13.1. The van der Waals surface area contributed by atoms with Crippen LogP contribution < -0.4 is 5.32 Å². The van der Waals surface area contributed by atoms with E-state index in [2.05, 4.69) is 34.5 Å². The lowest BCUT2D eigenvalue weighted by Crippen LogP contribution is -2.78. The van der Waals surface area contributed by atoms with Crippen molar-refractivity contribution in [3.8, 4) is 12.1 Å². The van der Waals surface area contributed by atoms with Gasteiger partial charge in [0.25, 0.3) is 0 Å². The van der Waals surface area contributed by atoms with Gasteiger partial charge in [0.05, 0.1) is 12.1 Å². The zero-order chi connectivity index (χ0) is 21.4. The SMILES string of the molecule is CCCN1CC2(C#N)C(=O)NC(=O)C(C#N)(C1)C21CCN(Cc2ccccc2)CC1. The van der Waals surface area contributed by atoms with Crippen LogP contribution in [0.2, 0.25) is 0 Å². The van der Waals surface area contributed by atoms with Gasteiger partial charge < -0.3 is 0 Å². The van der Waals surface area contributed by atoms with Gasteiger partial charge in [-0.2, -0.15) is 10.5 Å². The van der Waals surface area contributed by atoms with Crippen molar-refractivity contribution in [1.82, 2.24) is 15.1 Å². The highest BCUT2D eigenvalue weighted by Crippen LogP contribution is 2.63. The number of nitriles is 2. The van der Waals surface area contributed by atoms with E-state index in [-0.39, 0.29) is 13.1 Å². The fraction of sp³-hybridized carbons (Fsp3) is 0.565. The molecule has 2 bridgehead atoms. The maximum absolute atomic E-state index is 13.1. The van der Waals surface area contributed by atoms with E-state index in [0.29, 0.717) is 32.5 Å². The molecule has 7 heteroatoms. The number of nitrogens with one attached hydrogen (secondary N) is 1. The smallest absolute Gasteiger partial charge is 0.249 e. The van der Waals surface area contributed by atoms with E-state index in [1.54, 1.807) is 0 Å². The summed E-state index contributed by atoms with van der Waals surface area (Å²) in [5, 5.41) is 23.0. The molecule has 1 aromatic rings. The fourth-order valence-electron chi connectivity index (χ4n) is 5.94. The fourth-order valence-corrected chi connectivity index (χ4v) is 5.94. The van der Waals surface area contributed by atoms with E-state index in [1.807, 2.05) is 30.0 Å². The minimum atomic E-state index is -1.39. The number of likely N-dealkylation sites (tertiary alicyclic amines) is 2. The van der Waals surface area contributed by atoms with E-state index in [1.165, 1.54) is 5.56 Å². The Morgan fingerprint density at radius 3 is 2.03 bits per heavy atom. The second kappa shape index (κ2) is 7.50. The van der Waals surface area contributed by atoms with Crippen molar-refractivity contribution in [1.29, 1.82) is 10.5 Å². The Morgan fingerprint density at radius 2 is 1.53 bits per heavy atom. The van der Waals surface area contributed by atoms with Crippen LogP contribution in [0.3, 0.4) is 0 Å². The molecule has 7 nitrogen and oxygen atoms in total. The van der Waals surface area contributed by atoms with Gasteiger partial charge in [-0.1, -0.05) is 37.3 Å². The average Bonchev–Trinajstić information content (AvgIpc) is 2.76. The number of carbonyl (C=O) groups excluding carboxylic acids is 2. The van der Waals surface area contributed by atoms with Crippen LogP contribution in [0.4, 0.5) is 0 Å². The summed E-state index contributed by atoms with van der Waals surface area (Å²) in [5.41, 5.74) is -2.53. The van der Waals surface area contributed by atoms with Crippen LogP contribution in [0, 0.1) is 38.9 Å². The van der Waals surface area contributed by atoms with Gasteiger partial charge in [-0.05, 0) is 44.5 Å². The first-order valence-electron chi connectivity index (χ1n) is 10.6. The van der Waals surface area contributed by atoms with Crippen molar-refractivity contribution in [3.05, 3.63) is 35.9 Å². The normalized spacial score (nSPS) is 31.0. The minimum Gasteiger partial charge on any atom is -0.299 e. The first-order chi connectivity index (χ1) is 14.5. The Bertz CT molecular complexity index is 881. The molecule has 2 atom stereocenters. The number of benzene rings is 1. The summed E-state index contributed by atoms with van der Waals surface area (Å²) in [4.78, 5) is 30.5. The second-order valence-corrected chi connectivity index (χ2v) is 8.87. The Kier molecular flexibility index (Phi) is 5.13. The molecule has 0 aromatic heterocycles. The highest BCUT2D eigenvalue weighted by atomic mass is 16.2. The second-order valence-electron chi connectivity index (χ2n) is 8.87. The highest BCUT2D eigenvalue weighted by Gasteiger charge is 2.76. The number of piperidine rings is 3. The number of nitrogens with zero attached hydrogens (tertiary/aromatic N) is 4. The lowest BCUT2D eigenvalue weighted by molar-refractivity contribution is -0.188.